The Balaban J connectivity index is 2.14. The molecule has 28 heavy (non-hydrogen) atoms. The first-order valence-corrected chi connectivity index (χ1v) is 9.36. The Hall–Kier alpha value is -2.74. The monoisotopic (exact) mass is 389 g/mol. The summed E-state index contributed by atoms with van der Waals surface area (Å²) >= 11 is 0. The summed E-state index contributed by atoms with van der Waals surface area (Å²) in [6, 6.07) is 4.91. The Morgan fingerprint density at radius 3 is 2.75 bits per heavy atom. The van der Waals surface area contributed by atoms with Crippen molar-refractivity contribution < 1.29 is 24.3 Å². The minimum atomic E-state index is -0.397. The molecule has 0 bridgehead atoms. The zero-order valence-corrected chi connectivity index (χ0v) is 16.3. The van der Waals surface area contributed by atoms with E-state index in [0.29, 0.717) is 36.8 Å². The number of nitrogens with zero attached hydrogens (tertiary/aromatic N) is 2. The molecule has 1 heterocycles. The number of aliphatic hydroxyl groups excluding tert-OH is 1. The molecule has 0 aromatic heterocycles. The smallest absolute Gasteiger partial charge is 0.254 e. The highest BCUT2D eigenvalue weighted by Crippen LogP contribution is 2.26. The number of aldehydes is 1. The molecule has 8 nitrogen and oxygen atoms in total. The molecule has 8 heteroatoms. The van der Waals surface area contributed by atoms with Gasteiger partial charge in [0.1, 0.15) is 0 Å². The van der Waals surface area contributed by atoms with Crippen molar-refractivity contribution >= 4 is 30.2 Å². The summed E-state index contributed by atoms with van der Waals surface area (Å²) in [7, 11) is 1.63. The largest absolute Gasteiger partial charge is 0.396 e. The van der Waals surface area contributed by atoms with Gasteiger partial charge < -0.3 is 14.9 Å². The van der Waals surface area contributed by atoms with Crippen LogP contribution in [0.25, 0.3) is 0 Å². The second kappa shape index (κ2) is 9.98. The van der Waals surface area contributed by atoms with E-state index in [1.54, 1.807) is 19.2 Å². The molecule has 1 aliphatic rings. The summed E-state index contributed by atoms with van der Waals surface area (Å²) in [5.41, 5.74) is 1.47. The van der Waals surface area contributed by atoms with E-state index in [1.165, 1.54) is 4.90 Å². The van der Waals surface area contributed by atoms with E-state index in [-0.39, 0.29) is 30.9 Å². The van der Waals surface area contributed by atoms with Crippen molar-refractivity contribution in [3.63, 3.8) is 0 Å². The zero-order valence-electron chi connectivity index (χ0n) is 16.3. The maximum absolute atomic E-state index is 13.0. The number of hydrogen-bond donors (Lipinski definition) is 2. The van der Waals surface area contributed by atoms with Crippen molar-refractivity contribution in [1.82, 2.24) is 10.2 Å². The predicted octanol–water partition coefficient (Wildman–Crippen LogP) is 0.831. The molecule has 0 saturated carbocycles. The van der Waals surface area contributed by atoms with E-state index in [0.717, 1.165) is 18.7 Å². The maximum Gasteiger partial charge on any atom is 0.254 e. The molecule has 2 rings (SSSR count). The number of carbonyl (C=O) groups excluding carboxylic acids is 4. The van der Waals surface area contributed by atoms with Gasteiger partial charge in [-0.1, -0.05) is 0 Å². The third-order valence-corrected chi connectivity index (χ3v) is 5.29. The Morgan fingerprint density at radius 2 is 2.14 bits per heavy atom. The van der Waals surface area contributed by atoms with Gasteiger partial charge >= 0.3 is 0 Å². The molecule has 0 radical (unpaired) electrons. The van der Waals surface area contributed by atoms with E-state index >= 15 is 0 Å². The number of imide groups is 1. The van der Waals surface area contributed by atoms with Crippen LogP contribution < -0.4 is 10.2 Å². The molecule has 1 aromatic rings. The van der Waals surface area contributed by atoms with E-state index in [4.69, 9.17) is 0 Å². The van der Waals surface area contributed by atoms with Crippen LogP contribution in [-0.4, -0.2) is 67.3 Å². The fourth-order valence-corrected chi connectivity index (χ4v) is 3.31. The molecule has 152 valence electrons. The molecule has 0 spiro atoms. The summed E-state index contributed by atoms with van der Waals surface area (Å²) in [4.78, 5) is 49.7. The molecule has 2 unspecified atom stereocenters. The second-order valence-corrected chi connectivity index (χ2v) is 7.16. The Morgan fingerprint density at radius 1 is 1.39 bits per heavy atom. The van der Waals surface area contributed by atoms with Gasteiger partial charge in [0.25, 0.3) is 5.91 Å². The minimum Gasteiger partial charge on any atom is -0.396 e. The van der Waals surface area contributed by atoms with Crippen molar-refractivity contribution in [3.05, 3.63) is 29.3 Å². The summed E-state index contributed by atoms with van der Waals surface area (Å²) in [6.45, 7) is 3.44. The topological polar surface area (TPSA) is 107 Å². The highest BCUT2D eigenvalue weighted by molar-refractivity contribution is 6.02. The van der Waals surface area contributed by atoms with Gasteiger partial charge in [-0.15, -0.1) is 0 Å². The van der Waals surface area contributed by atoms with Crippen molar-refractivity contribution in [3.8, 4) is 0 Å². The Bertz CT molecular complexity index is 737. The van der Waals surface area contributed by atoms with Gasteiger partial charge in [-0.05, 0) is 38.0 Å². The first kappa shape index (κ1) is 21.6. The molecule has 1 aliphatic heterocycles. The fourth-order valence-electron chi connectivity index (χ4n) is 3.31. The third-order valence-electron chi connectivity index (χ3n) is 5.29. The van der Waals surface area contributed by atoms with Gasteiger partial charge in [-0.25, -0.2) is 0 Å². The molecule has 1 saturated heterocycles. The average molecular weight is 389 g/mol. The molecule has 3 amide bonds. The number of amides is 3. The van der Waals surface area contributed by atoms with Crippen LogP contribution >= 0.6 is 0 Å². The van der Waals surface area contributed by atoms with Gasteiger partial charge in [0.2, 0.25) is 12.3 Å². The van der Waals surface area contributed by atoms with Crippen molar-refractivity contribution in [1.29, 1.82) is 0 Å². The minimum absolute atomic E-state index is 0.119. The van der Waals surface area contributed by atoms with Crippen molar-refractivity contribution in [2.75, 3.05) is 31.6 Å². The predicted molar refractivity (Wildman–Crippen MR) is 104 cm³/mol. The van der Waals surface area contributed by atoms with Crippen LogP contribution in [0.15, 0.2) is 18.2 Å². The van der Waals surface area contributed by atoms with Crippen LogP contribution in [0.4, 0.5) is 5.69 Å². The number of hydrogen-bond acceptors (Lipinski definition) is 6. The highest BCUT2D eigenvalue weighted by atomic mass is 16.3. The first-order chi connectivity index (χ1) is 13.4. The van der Waals surface area contributed by atoms with E-state index < -0.39 is 5.91 Å². The molecule has 1 fully saturated rings. The normalized spacial score (nSPS) is 17.1. The van der Waals surface area contributed by atoms with Crippen LogP contribution in [0.1, 0.15) is 46.9 Å². The lowest BCUT2D eigenvalue weighted by Crippen LogP contribution is -2.36. The van der Waals surface area contributed by atoms with Crippen LogP contribution in [0, 0.1) is 5.92 Å². The number of carbonyl (C=O) groups is 4. The first-order valence-electron chi connectivity index (χ1n) is 9.36. The maximum atomic E-state index is 13.0. The van der Waals surface area contributed by atoms with Crippen LogP contribution in [0.3, 0.4) is 0 Å². The third kappa shape index (κ3) is 5.16. The molecular weight excluding hydrogens is 362 g/mol. The summed E-state index contributed by atoms with van der Waals surface area (Å²) in [6.07, 6.45) is 2.39. The van der Waals surface area contributed by atoms with Gasteiger partial charge in [0.15, 0.2) is 6.29 Å². The molecule has 0 aliphatic carbocycles. The van der Waals surface area contributed by atoms with Crippen LogP contribution in [-0.2, 0) is 9.59 Å². The van der Waals surface area contributed by atoms with Crippen molar-refractivity contribution in [2.45, 2.75) is 32.2 Å². The average Bonchev–Trinajstić information content (AvgIpc) is 3.20. The van der Waals surface area contributed by atoms with Crippen molar-refractivity contribution in [2.24, 2.45) is 5.92 Å². The number of nitrogens with one attached hydrogen (secondary N) is 1. The molecule has 1 aromatic carbocycles. The van der Waals surface area contributed by atoms with E-state index in [9.17, 15) is 24.3 Å². The molecular formula is C20H27N3O5. The highest BCUT2D eigenvalue weighted by Gasteiger charge is 2.25. The van der Waals surface area contributed by atoms with E-state index in [2.05, 4.69) is 10.2 Å². The number of benzene rings is 1. The summed E-state index contributed by atoms with van der Waals surface area (Å²) in [5, 5.41) is 11.4. The summed E-state index contributed by atoms with van der Waals surface area (Å²) < 4.78 is 0. The number of rotatable bonds is 9. The quantitative estimate of drug-likeness (QED) is 0.606. The number of aliphatic hydroxyl groups is 1. The Kier molecular flexibility index (Phi) is 7.69. The zero-order chi connectivity index (χ0) is 20.7. The van der Waals surface area contributed by atoms with Gasteiger partial charge in [0.05, 0.1) is 5.56 Å². The van der Waals surface area contributed by atoms with E-state index in [1.807, 2.05) is 13.0 Å². The number of anilines is 1. The SMILES string of the molecule is CC(CCC(=O)NC=O)N(C)C(=O)c1cc(N2CCC(CO)C2)ccc1C=O. The second-order valence-electron chi connectivity index (χ2n) is 7.16. The standard InChI is InChI=1S/C20H27N3O5/c1-14(3-6-19(27)21-13-26)22(2)20(28)18-9-17(5-4-16(18)12-25)23-8-7-15(10-23)11-24/h4-5,9,12-15,24H,3,6-8,10-11H2,1-2H3,(H,21,26,27). The fraction of sp³-hybridized carbons (Fsp3) is 0.500. The Labute approximate surface area is 164 Å². The van der Waals surface area contributed by atoms with Gasteiger partial charge in [0, 0.05) is 56.4 Å². The molecule has 2 N–H and O–H groups in total. The van der Waals surface area contributed by atoms with Gasteiger partial charge in [-0.3, -0.25) is 24.5 Å². The summed E-state index contributed by atoms with van der Waals surface area (Å²) in [5.74, 6) is -0.485. The van der Waals surface area contributed by atoms with Crippen LogP contribution in [0.2, 0.25) is 0 Å². The van der Waals surface area contributed by atoms with Crippen LogP contribution in [0.5, 0.6) is 0 Å². The lowest BCUT2D eigenvalue weighted by atomic mass is 10.0. The lowest BCUT2D eigenvalue weighted by molar-refractivity contribution is -0.125. The van der Waals surface area contributed by atoms with Gasteiger partial charge in [-0.2, -0.15) is 0 Å². The molecule has 2 atom stereocenters. The lowest BCUT2D eigenvalue weighted by Gasteiger charge is -2.26.